The highest BCUT2D eigenvalue weighted by Gasteiger charge is 1.98. The number of aliphatic hydroxyl groups excluding tert-OH is 1. The Kier molecular flexibility index (Phi) is 4.28. The van der Waals surface area contributed by atoms with Crippen molar-refractivity contribution in [2.24, 2.45) is 0 Å². The number of hydrogen-bond acceptors (Lipinski definition) is 3. The van der Waals surface area contributed by atoms with E-state index in [2.05, 4.69) is 10.6 Å². The van der Waals surface area contributed by atoms with Gasteiger partial charge < -0.3 is 15.7 Å². The summed E-state index contributed by atoms with van der Waals surface area (Å²) in [5, 5.41) is 15.6. The third-order valence-corrected chi connectivity index (χ3v) is 2.28. The van der Waals surface area contributed by atoms with Crippen molar-refractivity contribution < 1.29 is 9.90 Å². The molecule has 0 saturated carbocycles. The monoisotopic (exact) mass is 200 g/mol. The van der Waals surface area contributed by atoms with Gasteiger partial charge in [0.25, 0.3) is 0 Å². The van der Waals surface area contributed by atoms with Gasteiger partial charge in [0.15, 0.2) is 0 Å². The predicted octanol–water partition coefficient (Wildman–Crippen LogP) is 0.540. The Morgan fingerprint density at radius 2 is 2.38 bits per heavy atom. The first-order chi connectivity index (χ1) is 6.33. The van der Waals surface area contributed by atoms with Crippen molar-refractivity contribution in [3.8, 4) is 0 Å². The third-order valence-electron chi connectivity index (χ3n) is 1.40. The van der Waals surface area contributed by atoms with Crippen LogP contribution in [0.1, 0.15) is 4.88 Å². The maximum Gasteiger partial charge on any atom is 0.315 e. The molecule has 1 aromatic rings. The zero-order chi connectivity index (χ0) is 9.52. The van der Waals surface area contributed by atoms with Crippen LogP contribution in [0.3, 0.4) is 0 Å². The maximum atomic E-state index is 11.0. The highest BCUT2D eigenvalue weighted by molar-refractivity contribution is 7.09. The van der Waals surface area contributed by atoms with Gasteiger partial charge in [-0.3, -0.25) is 0 Å². The molecular weight excluding hydrogens is 188 g/mol. The highest BCUT2D eigenvalue weighted by Crippen LogP contribution is 2.06. The average molecular weight is 200 g/mol. The van der Waals surface area contributed by atoms with Gasteiger partial charge in [-0.25, -0.2) is 4.79 Å². The Morgan fingerprint density at radius 1 is 1.54 bits per heavy atom. The standard InChI is InChI=1S/C8H12N2O2S/c11-4-3-9-8(12)10-6-7-2-1-5-13-7/h1-2,5,11H,3-4,6H2,(H2,9,10,12). The van der Waals surface area contributed by atoms with Crippen LogP contribution in [-0.4, -0.2) is 24.3 Å². The van der Waals surface area contributed by atoms with Gasteiger partial charge in [0.2, 0.25) is 0 Å². The molecule has 0 aromatic carbocycles. The van der Waals surface area contributed by atoms with E-state index in [9.17, 15) is 4.79 Å². The van der Waals surface area contributed by atoms with Crippen LogP contribution in [0.4, 0.5) is 4.79 Å². The number of aliphatic hydroxyl groups is 1. The van der Waals surface area contributed by atoms with Gasteiger partial charge in [0, 0.05) is 11.4 Å². The highest BCUT2D eigenvalue weighted by atomic mass is 32.1. The fourth-order valence-corrected chi connectivity index (χ4v) is 1.46. The lowest BCUT2D eigenvalue weighted by Crippen LogP contribution is -2.36. The second kappa shape index (κ2) is 5.55. The van der Waals surface area contributed by atoms with Gasteiger partial charge >= 0.3 is 6.03 Å². The molecular formula is C8H12N2O2S. The first-order valence-electron chi connectivity index (χ1n) is 3.98. The summed E-state index contributed by atoms with van der Waals surface area (Å²) >= 11 is 1.60. The number of thiophene rings is 1. The van der Waals surface area contributed by atoms with Crippen LogP contribution >= 0.6 is 11.3 Å². The summed E-state index contributed by atoms with van der Waals surface area (Å²) in [5.74, 6) is 0. The molecule has 0 aliphatic rings. The summed E-state index contributed by atoms with van der Waals surface area (Å²) in [4.78, 5) is 12.1. The smallest absolute Gasteiger partial charge is 0.315 e. The van der Waals surface area contributed by atoms with Crippen LogP contribution in [0.15, 0.2) is 17.5 Å². The van der Waals surface area contributed by atoms with E-state index in [0.29, 0.717) is 6.54 Å². The molecule has 72 valence electrons. The van der Waals surface area contributed by atoms with Crippen LogP contribution in [0.2, 0.25) is 0 Å². The van der Waals surface area contributed by atoms with Gasteiger partial charge in [0.05, 0.1) is 13.2 Å². The van der Waals surface area contributed by atoms with Gasteiger partial charge in [0.1, 0.15) is 0 Å². The van der Waals surface area contributed by atoms with E-state index >= 15 is 0 Å². The zero-order valence-electron chi connectivity index (χ0n) is 7.12. The molecule has 3 N–H and O–H groups in total. The van der Waals surface area contributed by atoms with Crippen molar-refractivity contribution in [2.45, 2.75) is 6.54 Å². The van der Waals surface area contributed by atoms with Crippen molar-refractivity contribution in [3.63, 3.8) is 0 Å². The van der Waals surface area contributed by atoms with Gasteiger partial charge in [-0.1, -0.05) is 6.07 Å². The minimum atomic E-state index is -0.248. The number of rotatable bonds is 4. The molecule has 13 heavy (non-hydrogen) atoms. The van der Waals surface area contributed by atoms with E-state index in [-0.39, 0.29) is 19.2 Å². The Balaban J connectivity index is 2.15. The Morgan fingerprint density at radius 3 is 3.00 bits per heavy atom. The van der Waals surface area contributed by atoms with Crippen LogP contribution in [0, 0.1) is 0 Å². The molecule has 0 unspecified atom stereocenters. The molecule has 5 heteroatoms. The van der Waals surface area contributed by atoms with Gasteiger partial charge in [-0.05, 0) is 11.4 Å². The number of carbonyl (C=O) groups excluding carboxylic acids is 1. The number of amides is 2. The van der Waals surface area contributed by atoms with Gasteiger partial charge in [-0.2, -0.15) is 0 Å². The SMILES string of the molecule is O=C(NCCO)NCc1cccs1. The quantitative estimate of drug-likeness (QED) is 0.664. The first kappa shape index (κ1) is 10.0. The second-order valence-electron chi connectivity index (χ2n) is 2.41. The zero-order valence-corrected chi connectivity index (χ0v) is 7.93. The molecule has 2 amide bonds. The number of nitrogens with one attached hydrogen (secondary N) is 2. The Hall–Kier alpha value is -1.07. The summed E-state index contributed by atoms with van der Waals surface area (Å²) < 4.78 is 0. The Labute approximate surface area is 80.6 Å². The number of carbonyl (C=O) groups is 1. The van der Waals surface area contributed by atoms with E-state index in [0.717, 1.165) is 4.88 Å². The summed E-state index contributed by atoms with van der Waals surface area (Å²) in [6, 6.07) is 3.65. The fraction of sp³-hybridized carbons (Fsp3) is 0.375. The number of urea groups is 1. The van der Waals surface area contributed by atoms with E-state index in [1.165, 1.54) is 0 Å². The normalized spacial score (nSPS) is 9.62. The van der Waals surface area contributed by atoms with Crippen molar-refractivity contribution in [1.82, 2.24) is 10.6 Å². The molecule has 0 aliphatic carbocycles. The second-order valence-corrected chi connectivity index (χ2v) is 3.44. The maximum absolute atomic E-state index is 11.0. The van der Waals surface area contributed by atoms with E-state index < -0.39 is 0 Å². The predicted molar refractivity (Wildman–Crippen MR) is 51.6 cm³/mol. The molecule has 0 fully saturated rings. The van der Waals surface area contributed by atoms with E-state index in [4.69, 9.17) is 5.11 Å². The van der Waals surface area contributed by atoms with Crippen molar-refractivity contribution in [3.05, 3.63) is 22.4 Å². The fourth-order valence-electron chi connectivity index (χ4n) is 0.812. The lowest BCUT2D eigenvalue weighted by Gasteiger charge is -2.04. The van der Waals surface area contributed by atoms with Crippen LogP contribution in [0.25, 0.3) is 0 Å². The van der Waals surface area contributed by atoms with E-state index in [1.54, 1.807) is 11.3 Å². The topological polar surface area (TPSA) is 61.4 Å². The molecule has 0 spiro atoms. The van der Waals surface area contributed by atoms with Crippen molar-refractivity contribution >= 4 is 17.4 Å². The average Bonchev–Trinajstić information content (AvgIpc) is 2.64. The minimum absolute atomic E-state index is 0.0353. The largest absolute Gasteiger partial charge is 0.395 e. The van der Waals surface area contributed by atoms with Crippen LogP contribution < -0.4 is 10.6 Å². The summed E-state index contributed by atoms with van der Waals surface area (Å²) in [5.41, 5.74) is 0. The molecule has 0 radical (unpaired) electrons. The molecule has 1 heterocycles. The third kappa shape index (κ3) is 3.91. The number of hydrogen-bond donors (Lipinski definition) is 3. The first-order valence-corrected chi connectivity index (χ1v) is 4.86. The lowest BCUT2D eigenvalue weighted by molar-refractivity contribution is 0.234. The summed E-state index contributed by atoms with van der Waals surface area (Å²) in [6.45, 7) is 0.789. The van der Waals surface area contributed by atoms with Crippen molar-refractivity contribution in [1.29, 1.82) is 0 Å². The lowest BCUT2D eigenvalue weighted by atomic mass is 10.5. The molecule has 1 rings (SSSR count). The summed E-state index contributed by atoms with van der Waals surface area (Å²) in [7, 11) is 0. The van der Waals surface area contributed by atoms with Gasteiger partial charge in [-0.15, -0.1) is 11.3 Å². The molecule has 4 nitrogen and oxygen atoms in total. The molecule has 0 bridgehead atoms. The molecule has 0 saturated heterocycles. The minimum Gasteiger partial charge on any atom is -0.395 e. The molecule has 1 aromatic heterocycles. The molecule has 0 aliphatic heterocycles. The Bertz CT molecular complexity index is 249. The molecule has 0 atom stereocenters. The van der Waals surface area contributed by atoms with E-state index in [1.807, 2.05) is 17.5 Å². The van der Waals surface area contributed by atoms with Crippen LogP contribution in [-0.2, 0) is 6.54 Å². The summed E-state index contributed by atoms with van der Waals surface area (Å²) in [6.07, 6.45) is 0. The van der Waals surface area contributed by atoms with Crippen molar-refractivity contribution in [2.75, 3.05) is 13.2 Å². The van der Waals surface area contributed by atoms with Crippen LogP contribution in [0.5, 0.6) is 0 Å².